The van der Waals surface area contributed by atoms with Crippen LogP contribution in [0.25, 0.3) is 0 Å². The highest BCUT2D eigenvalue weighted by Crippen LogP contribution is 2.18. The van der Waals surface area contributed by atoms with Gasteiger partial charge in [0.2, 0.25) is 5.13 Å². The summed E-state index contributed by atoms with van der Waals surface area (Å²) in [5.41, 5.74) is 1.21. The Balaban J connectivity index is 1.96. The van der Waals surface area contributed by atoms with Gasteiger partial charge in [-0.3, -0.25) is 4.98 Å². The van der Waals surface area contributed by atoms with Crippen molar-refractivity contribution in [3.05, 3.63) is 35.9 Å². The van der Waals surface area contributed by atoms with Gasteiger partial charge < -0.3 is 9.64 Å². The highest BCUT2D eigenvalue weighted by molar-refractivity contribution is 7.09. The predicted molar refractivity (Wildman–Crippen MR) is 71.8 cm³/mol. The summed E-state index contributed by atoms with van der Waals surface area (Å²) in [6, 6.07) is 4.01. The number of nitrogens with zero attached hydrogens (tertiary/aromatic N) is 4. The second kappa shape index (κ2) is 6.42. The van der Waals surface area contributed by atoms with Crippen molar-refractivity contribution in [2.45, 2.75) is 13.0 Å². The largest absolute Gasteiger partial charge is 0.384 e. The molecule has 6 heteroatoms. The molecule has 0 aliphatic heterocycles. The molecule has 2 aromatic heterocycles. The fraction of sp³-hybridized carbons (Fsp3) is 0.417. The summed E-state index contributed by atoms with van der Waals surface area (Å²) >= 11 is 1.42. The molecule has 0 atom stereocenters. The lowest BCUT2D eigenvalue weighted by atomic mass is 10.2. The molecule has 96 valence electrons. The Morgan fingerprint density at radius 2 is 2.11 bits per heavy atom. The van der Waals surface area contributed by atoms with Crippen molar-refractivity contribution in [3.63, 3.8) is 0 Å². The normalized spacial score (nSPS) is 10.6. The number of pyridine rings is 1. The Morgan fingerprint density at radius 3 is 2.83 bits per heavy atom. The van der Waals surface area contributed by atoms with Crippen LogP contribution in [0.4, 0.5) is 5.13 Å². The van der Waals surface area contributed by atoms with Crippen LogP contribution in [-0.2, 0) is 17.7 Å². The van der Waals surface area contributed by atoms with Crippen molar-refractivity contribution < 1.29 is 4.74 Å². The maximum atomic E-state index is 5.02. The minimum atomic E-state index is 0.657. The average Bonchev–Trinajstić information content (AvgIpc) is 2.86. The Morgan fingerprint density at radius 1 is 1.33 bits per heavy atom. The lowest BCUT2D eigenvalue weighted by Crippen LogP contribution is -2.16. The van der Waals surface area contributed by atoms with Gasteiger partial charge in [0.25, 0.3) is 0 Å². The molecule has 0 fully saturated rings. The molecule has 2 aromatic rings. The standard InChI is InChI=1S/C12H16N4OS/c1-16(9-10-3-6-13-7-4-10)12-14-11(15-18-12)5-8-17-2/h3-4,6-7H,5,8-9H2,1-2H3. The van der Waals surface area contributed by atoms with Crippen molar-refractivity contribution in [2.75, 3.05) is 25.7 Å². The number of anilines is 1. The molecule has 0 saturated carbocycles. The van der Waals surface area contributed by atoms with Gasteiger partial charge in [-0.15, -0.1) is 0 Å². The molecule has 0 saturated heterocycles. The average molecular weight is 264 g/mol. The molecule has 18 heavy (non-hydrogen) atoms. The van der Waals surface area contributed by atoms with Crippen molar-refractivity contribution >= 4 is 16.7 Å². The van der Waals surface area contributed by atoms with Gasteiger partial charge >= 0.3 is 0 Å². The molecular weight excluding hydrogens is 248 g/mol. The Bertz CT molecular complexity index is 474. The van der Waals surface area contributed by atoms with Gasteiger partial charge in [-0.1, -0.05) is 0 Å². The van der Waals surface area contributed by atoms with Crippen LogP contribution in [-0.4, -0.2) is 35.1 Å². The van der Waals surface area contributed by atoms with Gasteiger partial charge in [-0.2, -0.15) is 4.37 Å². The summed E-state index contributed by atoms with van der Waals surface area (Å²) in [7, 11) is 3.70. The van der Waals surface area contributed by atoms with Gasteiger partial charge in [0.15, 0.2) is 0 Å². The predicted octanol–water partition coefficient (Wildman–Crippen LogP) is 1.76. The number of ether oxygens (including phenoxy) is 1. The first-order chi connectivity index (χ1) is 8.79. The maximum Gasteiger partial charge on any atom is 0.205 e. The Labute approximate surface area is 111 Å². The minimum absolute atomic E-state index is 0.657. The smallest absolute Gasteiger partial charge is 0.205 e. The third kappa shape index (κ3) is 3.48. The first-order valence-electron chi connectivity index (χ1n) is 5.71. The van der Waals surface area contributed by atoms with Crippen LogP contribution >= 0.6 is 11.5 Å². The molecule has 0 aromatic carbocycles. The van der Waals surface area contributed by atoms with Crippen LogP contribution in [0.3, 0.4) is 0 Å². The highest BCUT2D eigenvalue weighted by atomic mass is 32.1. The van der Waals surface area contributed by atoms with E-state index < -0.39 is 0 Å². The van der Waals surface area contributed by atoms with Crippen LogP contribution in [0.2, 0.25) is 0 Å². The Kier molecular flexibility index (Phi) is 4.60. The molecule has 0 N–H and O–H groups in total. The second-order valence-electron chi connectivity index (χ2n) is 3.95. The lowest BCUT2D eigenvalue weighted by molar-refractivity contribution is 0.201. The van der Waals surface area contributed by atoms with Crippen LogP contribution in [0.15, 0.2) is 24.5 Å². The molecule has 0 spiro atoms. The molecule has 0 radical (unpaired) electrons. The number of hydrogen-bond donors (Lipinski definition) is 0. The number of hydrogen-bond acceptors (Lipinski definition) is 6. The fourth-order valence-electron chi connectivity index (χ4n) is 1.52. The summed E-state index contributed by atoms with van der Waals surface area (Å²) in [6.07, 6.45) is 4.36. The SMILES string of the molecule is COCCc1nsc(N(C)Cc2ccncc2)n1. The van der Waals surface area contributed by atoms with E-state index in [1.165, 1.54) is 17.1 Å². The molecule has 2 rings (SSSR count). The maximum absolute atomic E-state index is 5.02. The van der Waals surface area contributed by atoms with Gasteiger partial charge in [0.1, 0.15) is 5.82 Å². The fourth-order valence-corrected chi connectivity index (χ4v) is 2.19. The molecule has 5 nitrogen and oxygen atoms in total. The van der Waals surface area contributed by atoms with E-state index in [1.807, 2.05) is 19.2 Å². The summed E-state index contributed by atoms with van der Waals surface area (Å²) < 4.78 is 9.33. The van der Waals surface area contributed by atoms with E-state index >= 15 is 0 Å². The van der Waals surface area contributed by atoms with Gasteiger partial charge in [0, 0.05) is 51.0 Å². The molecular formula is C12H16N4OS. The van der Waals surface area contributed by atoms with Crippen molar-refractivity contribution in [2.24, 2.45) is 0 Å². The molecule has 0 amide bonds. The number of aromatic nitrogens is 3. The zero-order chi connectivity index (χ0) is 12.8. The Hall–Kier alpha value is -1.53. The van der Waals surface area contributed by atoms with Gasteiger partial charge in [0.05, 0.1) is 6.61 Å². The van der Waals surface area contributed by atoms with Gasteiger partial charge in [-0.25, -0.2) is 4.98 Å². The number of rotatable bonds is 6. The van der Waals surface area contributed by atoms with Crippen LogP contribution < -0.4 is 4.90 Å². The number of methoxy groups -OCH3 is 1. The second-order valence-corrected chi connectivity index (χ2v) is 4.68. The summed E-state index contributed by atoms with van der Waals surface area (Å²) in [4.78, 5) is 10.6. The molecule has 0 aliphatic carbocycles. The highest BCUT2D eigenvalue weighted by Gasteiger charge is 2.08. The quantitative estimate of drug-likeness (QED) is 0.795. The monoisotopic (exact) mass is 264 g/mol. The van der Waals surface area contributed by atoms with Crippen LogP contribution in [0.5, 0.6) is 0 Å². The van der Waals surface area contributed by atoms with E-state index in [2.05, 4.69) is 19.2 Å². The van der Waals surface area contributed by atoms with E-state index in [1.54, 1.807) is 19.5 Å². The zero-order valence-corrected chi connectivity index (χ0v) is 11.4. The first-order valence-corrected chi connectivity index (χ1v) is 6.48. The van der Waals surface area contributed by atoms with E-state index in [0.717, 1.165) is 23.9 Å². The topological polar surface area (TPSA) is 51.1 Å². The molecule has 0 aliphatic rings. The zero-order valence-electron chi connectivity index (χ0n) is 10.5. The minimum Gasteiger partial charge on any atom is -0.384 e. The summed E-state index contributed by atoms with van der Waals surface area (Å²) in [6.45, 7) is 1.46. The summed E-state index contributed by atoms with van der Waals surface area (Å²) in [5.74, 6) is 0.846. The first kappa shape index (κ1) is 12.9. The third-order valence-electron chi connectivity index (χ3n) is 2.48. The summed E-state index contributed by atoms with van der Waals surface area (Å²) in [5, 5.41) is 0.929. The van der Waals surface area contributed by atoms with E-state index in [9.17, 15) is 0 Å². The van der Waals surface area contributed by atoms with E-state index in [-0.39, 0.29) is 0 Å². The van der Waals surface area contributed by atoms with Crippen molar-refractivity contribution in [3.8, 4) is 0 Å². The molecule has 0 unspecified atom stereocenters. The van der Waals surface area contributed by atoms with Crippen LogP contribution in [0.1, 0.15) is 11.4 Å². The van der Waals surface area contributed by atoms with Crippen LogP contribution in [0, 0.1) is 0 Å². The van der Waals surface area contributed by atoms with Crippen molar-refractivity contribution in [1.29, 1.82) is 0 Å². The van der Waals surface area contributed by atoms with Crippen molar-refractivity contribution in [1.82, 2.24) is 14.3 Å². The lowest BCUT2D eigenvalue weighted by Gasteiger charge is -2.14. The van der Waals surface area contributed by atoms with E-state index in [4.69, 9.17) is 4.74 Å². The third-order valence-corrected chi connectivity index (χ3v) is 3.35. The molecule has 2 heterocycles. The van der Waals surface area contributed by atoms with Gasteiger partial charge in [-0.05, 0) is 17.7 Å². The van der Waals surface area contributed by atoms with E-state index in [0.29, 0.717) is 6.61 Å². The molecule has 0 bridgehead atoms.